The normalized spacial score (nSPS) is 12.7. The Bertz CT molecular complexity index is 1700. The number of aliphatic carboxylic acids is 1. The molecule has 8 nitrogen and oxygen atoms in total. The molecule has 13 heteroatoms. The maximum atomic E-state index is 12.9. The van der Waals surface area contributed by atoms with Crippen LogP contribution in [0, 0.1) is 12.8 Å². The van der Waals surface area contributed by atoms with E-state index in [-0.39, 0.29) is 4.90 Å². The molecule has 0 bridgehead atoms. The van der Waals surface area contributed by atoms with Crippen LogP contribution in [0.4, 0.5) is 18.9 Å². The molecule has 0 aliphatic rings. The van der Waals surface area contributed by atoms with Crippen LogP contribution in [0.1, 0.15) is 34.8 Å². The molecule has 1 atom stereocenters. The highest BCUT2D eigenvalue weighted by atomic mass is 32.2. The first kappa shape index (κ1) is 30.9. The number of anilines is 1. The summed E-state index contributed by atoms with van der Waals surface area (Å²) in [5.41, 5.74) is 2.07. The first-order valence-electron chi connectivity index (χ1n) is 12.6. The van der Waals surface area contributed by atoms with Crippen LogP contribution in [0.15, 0.2) is 77.7 Å². The number of aryl methyl sites for hydroxylation is 1. The number of halogens is 3. The van der Waals surface area contributed by atoms with Crippen LogP contribution >= 0.6 is 11.3 Å². The summed E-state index contributed by atoms with van der Waals surface area (Å²) in [6, 6.07) is 16.1. The number of nitrogens with zero attached hydrogens (tertiary/aromatic N) is 1. The summed E-state index contributed by atoms with van der Waals surface area (Å²) in [5.74, 6) is -2.13. The zero-order valence-corrected chi connectivity index (χ0v) is 24.2. The van der Waals surface area contributed by atoms with Gasteiger partial charge in [0, 0.05) is 11.3 Å². The Kier molecular flexibility index (Phi) is 8.85. The van der Waals surface area contributed by atoms with E-state index in [1.54, 1.807) is 57.2 Å². The summed E-state index contributed by atoms with van der Waals surface area (Å²) in [6.45, 7) is 4.86. The number of carboxylic acid groups (broad SMARTS) is 1. The number of hydrogen-bond donors (Lipinski definition) is 3. The fourth-order valence-corrected chi connectivity index (χ4v) is 6.30. The van der Waals surface area contributed by atoms with Crippen molar-refractivity contribution in [2.45, 2.75) is 37.9 Å². The first-order chi connectivity index (χ1) is 19.7. The minimum Gasteiger partial charge on any atom is -0.480 e. The summed E-state index contributed by atoms with van der Waals surface area (Å²) in [7, 11) is -4.05. The van der Waals surface area contributed by atoms with Gasteiger partial charge in [-0.2, -0.15) is 17.9 Å². The van der Waals surface area contributed by atoms with Crippen LogP contribution in [-0.4, -0.2) is 36.4 Å². The zero-order chi connectivity index (χ0) is 30.8. The van der Waals surface area contributed by atoms with Crippen molar-refractivity contribution in [2.24, 2.45) is 5.92 Å². The molecule has 1 heterocycles. The zero-order valence-electron chi connectivity index (χ0n) is 22.6. The first-order valence-corrected chi connectivity index (χ1v) is 14.9. The molecule has 0 spiro atoms. The molecule has 0 aliphatic heterocycles. The largest absolute Gasteiger partial charge is 0.480 e. The van der Waals surface area contributed by atoms with Gasteiger partial charge < -0.3 is 10.4 Å². The number of sulfonamides is 1. The molecule has 0 aliphatic carbocycles. The number of hydrogen-bond acceptors (Lipinski definition) is 6. The fourth-order valence-electron chi connectivity index (χ4n) is 4.00. The van der Waals surface area contributed by atoms with E-state index in [2.05, 4.69) is 15.0 Å². The van der Waals surface area contributed by atoms with Crippen molar-refractivity contribution in [2.75, 3.05) is 5.32 Å². The van der Waals surface area contributed by atoms with Crippen molar-refractivity contribution in [1.29, 1.82) is 0 Å². The quantitative estimate of drug-likeness (QED) is 0.198. The number of nitrogens with one attached hydrogen (secondary N) is 2. The molecular weight excluding hydrogens is 591 g/mol. The molecule has 4 rings (SSSR count). The van der Waals surface area contributed by atoms with Crippen LogP contribution in [0.3, 0.4) is 0 Å². The molecule has 3 N–H and O–H groups in total. The monoisotopic (exact) mass is 617 g/mol. The summed E-state index contributed by atoms with van der Waals surface area (Å²) in [4.78, 5) is 28.9. The smallest absolute Gasteiger partial charge is 0.416 e. The molecular formula is C29H26F3N3O5S2. The minimum atomic E-state index is -4.44. The Morgan fingerprint density at radius 3 is 1.90 bits per heavy atom. The lowest BCUT2D eigenvalue weighted by Gasteiger charge is -2.18. The fraction of sp³-hybridized carbons (Fsp3) is 0.207. The predicted octanol–water partition coefficient (Wildman–Crippen LogP) is 6.44. The molecule has 220 valence electrons. The summed E-state index contributed by atoms with van der Waals surface area (Å²) in [5, 5.41) is 12.5. The summed E-state index contributed by atoms with van der Waals surface area (Å²) >= 11 is 1.07. The highest BCUT2D eigenvalue weighted by molar-refractivity contribution is 7.89. The number of carbonyl (C=O) groups excluding carboxylic acids is 1. The van der Waals surface area contributed by atoms with E-state index in [9.17, 15) is 36.3 Å². The second-order valence-corrected chi connectivity index (χ2v) is 12.5. The van der Waals surface area contributed by atoms with Crippen molar-refractivity contribution in [3.05, 3.63) is 88.9 Å². The van der Waals surface area contributed by atoms with Gasteiger partial charge in [0.2, 0.25) is 10.0 Å². The Labute approximate surface area is 244 Å². The average Bonchev–Trinajstić information content (AvgIpc) is 3.33. The van der Waals surface area contributed by atoms with Gasteiger partial charge in [-0.3, -0.25) is 9.59 Å². The molecule has 0 radical (unpaired) electrons. The van der Waals surface area contributed by atoms with Gasteiger partial charge in [0.15, 0.2) is 0 Å². The van der Waals surface area contributed by atoms with E-state index < -0.39 is 45.6 Å². The average molecular weight is 618 g/mol. The van der Waals surface area contributed by atoms with E-state index >= 15 is 0 Å². The number of benzene rings is 3. The standard InChI is InChI=1S/C29H26F3N3O5S2/c1-16(2)24(28(37)38)35-42(39,40)23-14-8-19(9-15-23)18-6-12-22(13-7-18)34-26(36)25-17(3)33-27(41-25)20-4-10-21(11-5-20)29(30,31)32/h4-16,24,35H,1-3H3,(H,34,36)(H,37,38). The second-order valence-electron chi connectivity index (χ2n) is 9.75. The van der Waals surface area contributed by atoms with E-state index in [4.69, 9.17) is 0 Å². The number of rotatable bonds is 9. The maximum absolute atomic E-state index is 12.9. The molecule has 0 saturated carbocycles. The van der Waals surface area contributed by atoms with Crippen molar-refractivity contribution in [3.8, 4) is 21.7 Å². The van der Waals surface area contributed by atoms with Gasteiger partial charge in [0.25, 0.3) is 5.91 Å². The van der Waals surface area contributed by atoms with Gasteiger partial charge in [-0.25, -0.2) is 13.4 Å². The number of thiazole rings is 1. The summed E-state index contributed by atoms with van der Waals surface area (Å²) in [6.07, 6.45) is -4.44. The van der Waals surface area contributed by atoms with Crippen molar-refractivity contribution < 1.29 is 36.3 Å². The molecule has 3 aromatic carbocycles. The second kappa shape index (κ2) is 12.0. The van der Waals surface area contributed by atoms with Crippen LogP contribution < -0.4 is 10.0 Å². The van der Waals surface area contributed by atoms with Gasteiger partial charge in [-0.15, -0.1) is 11.3 Å². The molecule has 1 unspecified atom stereocenters. The Morgan fingerprint density at radius 1 is 0.881 bits per heavy atom. The third kappa shape index (κ3) is 7.04. The lowest BCUT2D eigenvalue weighted by molar-refractivity contribution is -0.140. The Hall–Kier alpha value is -4.07. The third-order valence-corrected chi connectivity index (χ3v) is 8.98. The number of carboxylic acids is 1. The molecule has 1 aromatic heterocycles. The Balaban J connectivity index is 1.44. The number of carbonyl (C=O) groups is 2. The number of alkyl halides is 3. The summed E-state index contributed by atoms with van der Waals surface area (Å²) < 4.78 is 66.1. The van der Waals surface area contributed by atoms with Gasteiger partial charge in [0.05, 0.1) is 16.2 Å². The van der Waals surface area contributed by atoms with Gasteiger partial charge >= 0.3 is 12.1 Å². The Morgan fingerprint density at radius 2 is 1.40 bits per heavy atom. The van der Waals surface area contributed by atoms with Crippen LogP contribution in [0.25, 0.3) is 21.7 Å². The molecule has 4 aromatic rings. The number of amides is 1. The lowest BCUT2D eigenvalue weighted by atomic mass is 10.1. The minimum absolute atomic E-state index is 0.0716. The molecule has 1 amide bonds. The van der Waals surface area contributed by atoms with Gasteiger partial charge in [-0.05, 0) is 60.4 Å². The third-order valence-electron chi connectivity index (χ3n) is 6.32. The molecule has 42 heavy (non-hydrogen) atoms. The SMILES string of the molecule is Cc1nc(-c2ccc(C(F)(F)F)cc2)sc1C(=O)Nc1ccc(-c2ccc(S(=O)(=O)NC(C(=O)O)C(C)C)cc2)cc1. The number of aromatic nitrogens is 1. The molecule has 0 fully saturated rings. The van der Waals surface area contributed by atoms with Crippen LogP contribution in [0.5, 0.6) is 0 Å². The van der Waals surface area contributed by atoms with E-state index in [0.29, 0.717) is 32.4 Å². The van der Waals surface area contributed by atoms with Crippen LogP contribution in [0.2, 0.25) is 0 Å². The molecule has 0 saturated heterocycles. The van der Waals surface area contributed by atoms with Crippen LogP contribution in [-0.2, 0) is 21.0 Å². The topological polar surface area (TPSA) is 125 Å². The van der Waals surface area contributed by atoms with E-state index in [1.165, 1.54) is 24.3 Å². The maximum Gasteiger partial charge on any atom is 0.416 e. The highest BCUT2D eigenvalue weighted by Gasteiger charge is 2.30. The predicted molar refractivity (Wildman–Crippen MR) is 154 cm³/mol. The van der Waals surface area contributed by atoms with E-state index in [1.807, 2.05) is 0 Å². The van der Waals surface area contributed by atoms with Crippen molar-refractivity contribution >= 4 is 38.9 Å². The van der Waals surface area contributed by atoms with E-state index in [0.717, 1.165) is 29.0 Å². The highest BCUT2D eigenvalue weighted by Crippen LogP contribution is 2.33. The van der Waals surface area contributed by atoms with Crippen molar-refractivity contribution in [3.63, 3.8) is 0 Å². The van der Waals surface area contributed by atoms with Gasteiger partial charge in [0.1, 0.15) is 15.9 Å². The van der Waals surface area contributed by atoms with Crippen molar-refractivity contribution in [1.82, 2.24) is 9.71 Å². The van der Waals surface area contributed by atoms with Gasteiger partial charge in [-0.1, -0.05) is 50.2 Å². The lowest BCUT2D eigenvalue weighted by Crippen LogP contribution is -2.44.